The summed E-state index contributed by atoms with van der Waals surface area (Å²) in [5.74, 6) is 0.416. The van der Waals surface area contributed by atoms with Crippen LogP contribution < -0.4 is 5.32 Å². The van der Waals surface area contributed by atoms with Gasteiger partial charge >= 0.3 is 0 Å². The van der Waals surface area contributed by atoms with Crippen LogP contribution in [0, 0.1) is 5.82 Å². The van der Waals surface area contributed by atoms with Crippen molar-refractivity contribution in [2.45, 2.75) is 12.2 Å². The van der Waals surface area contributed by atoms with Crippen LogP contribution in [0.15, 0.2) is 60.0 Å². The number of carbonyl (C=O) groups is 1. The second kappa shape index (κ2) is 9.53. The molecule has 0 aliphatic rings. The molecule has 0 aliphatic heterocycles. The maximum atomic E-state index is 13.3. The molecule has 2 aromatic carbocycles. The highest BCUT2D eigenvalue weighted by molar-refractivity contribution is 7.84. The van der Waals surface area contributed by atoms with E-state index in [2.05, 4.69) is 10.3 Å². The number of nitrogens with zero attached hydrogens (tertiary/aromatic N) is 1. The van der Waals surface area contributed by atoms with Crippen molar-refractivity contribution in [1.82, 2.24) is 10.3 Å². The van der Waals surface area contributed by atoms with Gasteiger partial charge in [-0.05, 0) is 17.7 Å². The van der Waals surface area contributed by atoms with E-state index in [9.17, 15) is 13.4 Å². The summed E-state index contributed by atoms with van der Waals surface area (Å²) in [5, 5.41) is 5.26. The summed E-state index contributed by atoms with van der Waals surface area (Å²) in [6, 6.07) is 15.9. The lowest BCUT2D eigenvalue weighted by atomic mass is 10.2. The summed E-state index contributed by atoms with van der Waals surface area (Å²) in [5.41, 5.74) is 2.36. The Bertz CT molecular complexity index is 928. The summed E-state index contributed by atoms with van der Waals surface area (Å²) in [6.07, 6.45) is 0.150. The summed E-state index contributed by atoms with van der Waals surface area (Å²) in [7, 11) is -1.02. The molecular formula is C20H19FN2O2S2. The first-order valence-electron chi connectivity index (χ1n) is 8.46. The van der Waals surface area contributed by atoms with E-state index in [1.807, 2.05) is 30.3 Å². The Morgan fingerprint density at radius 3 is 2.74 bits per heavy atom. The van der Waals surface area contributed by atoms with Crippen molar-refractivity contribution in [3.05, 3.63) is 77.1 Å². The fourth-order valence-electron chi connectivity index (χ4n) is 2.51. The molecule has 1 amide bonds. The highest BCUT2D eigenvalue weighted by Gasteiger charge is 2.10. The van der Waals surface area contributed by atoms with Crippen molar-refractivity contribution in [1.29, 1.82) is 0 Å². The second-order valence-electron chi connectivity index (χ2n) is 5.95. The molecule has 0 aliphatic carbocycles. The van der Waals surface area contributed by atoms with E-state index in [4.69, 9.17) is 0 Å². The Morgan fingerprint density at radius 1 is 1.15 bits per heavy atom. The number of aromatic nitrogens is 1. The Balaban J connectivity index is 1.44. The van der Waals surface area contributed by atoms with Gasteiger partial charge in [0.1, 0.15) is 10.8 Å². The van der Waals surface area contributed by atoms with Crippen molar-refractivity contribution in [3.8, 4) is 10.6 Å². The second-order valence-corrected chi connectivity index (χ2v) is 8.39. The van der Waals surface area contributed by atoms with Gasteiger partial charge in [0.25, 0.3) is 0 Å². The van der Waals surface area contributed by atoms with Crippen molar-refractivity contribution >= 4 is 28.0 Å². The Labute approximate surface area is 163 Å². The summed E-state index contributed by atoms with van der Waals surface area (Å²) >= 11 is 1.38. The number of halogens is 1. The van der Waals surface area contributed by atoms with Gasteiger partial charge in [-0.1, -0.05) is 42.5 Å². The minimum Gasteiger partial charge on any atom is -0.355 e. The number of rotatable bonds is 8. The van der Waals surface area contributed by atoms with E-state index in [1.54, 1.807) is 17.5 Å². The van der Waals surface area contributed by atoms with E-state index in [1.165, 1.54) is 23.5 Å². The fraction of sp³-hybridized carbons (Fsp3) is 0.200. The first kappa shape index (κ1) is 19.4. The zero-order chi connectivity index (χ0) is 19.1. The molecule has 0 saturated carbocycles. The first-order chi connectivity index (χ1) is 13.1. The van der Waals surface area contributed by atoms with Gasteiger partial charge in [-0.2, -0.15) is 0 Å². The molecule has 27 heavy (non-hydrogen) atoms. The standard InChI is InChI=1S/C20H19FN2O2S2/c21-17-8-4-7-16(11-17)20-23-18(13-26-20)12-19(24)22-9-10-27(25)14-15-5-2-1-3-6-15/h1-8,11,13H,9-10,12,14H2,(H,22,24). The monoisotopic (exact) mass is 402 g/mol. The molecule has 3 rings (SSSR count). The smallest absolute Gasteiger partial charge is 0.226 e. The van der Waals surface area contributed by atoms with Gasteiger partial charge < -0.3 is 5.32 Å². The van der Waals surface area contributed by atoms with Crippen LogP contribution in [0.1, 0.15) is 11.3 Å². The van der Waals surface area contributed by atoms with Crippen LogP contribution in [-0.2, 0) is 27.8 Å². The molecule has 0 saturated heterocycles. The van der Waals surface area contributed by atoms with Crippen molar-refractivity contribution in [3.63, 3.8) is 0 Å². The average Bonchev–Trinajstić information content (AvgIpc) is 3.11. The number of amides is 1. The maximum absolute atomic E-state index is 13.3. The molecule has 7 heteroatoms. The third-order valence-corrected chi connectivity index (χ3v) is 6.04. The first-order valence-corrected chi connectivity index (χ1v) is 10.8. The van der Waals surface area contributed by atoms with Gasteiger partial charge in [-0.15, -0.1) is 11.3 Å². The van der Waals surface area contributed by atoms with E-state index in [-0.39, 0.29) is 18.1 Å². The topological polar surface area (TPSA) is 59.1 Å². The van der Waals surface area contributed by atoms with Crippen LogP contribution >= 0.6 is 11.3 Å². The summed E-state index contributed by atoms with van der Waals surface area (Å²) in [6.45, 7) is 0.360. The van der Waals surface area contributed by atoms with Gasteiger partial charge in [0.15, 0.2) is 0 Å². The lowest BCUT2D eigenvalue weighted by Gasteiger charge is -2.05. The van der Waals surface area contributed by atoms with Gasteiger partial charge in [-0.25, -0.2) is 9.37 Å². The molecule has 4 nitrogen and oxygen atoms in total. The fourth-order valence-corrected chi connectivity index (χ4v) is 4.36. The molecule has 0 bridgehead atoms. The third-order valence-electron chi connectivity index (χ3n) is 3.79. The molecule has 1 aromatic heterocycles. The molecule has 1 atom stereocenters. The zero-order valence-electron chi connectivity index (χ0n) is 14.6. The number of hydrogen-bond acceptors (Lipinski definition) is 4. The van der Waals surface area contributed by atoms with Crippen LogP contribution in [0.5, 0.6) is 0 Å². The Hall–Kier alpha value is -2.38. The van der Waals surface area contributed by atoms with E-state index >= 15 is 0 Å². The van der Waals surface area contributed by atoms with Crippen molar-refractivity contribution < 1.29 is 13.4 Å². The van der Waals surface area contributed by atoms with Crippen LogP contribution in [0.4, 0.5) is 4.39 Å². The molecule has 1 N–H and O–H groups in total. The van der Waals surface area contributed by atoms with Crippen molar-refractivity contribution in [2.24, 2.45) is 0 Å². The van der Waals surface area contributed by atoms with Crippen LogP contribution in [0.3, 0.4) is 0 Å². The van der Waals surface area contributed by atoms with E-state index < -0.39 is 10.8 Å². The van der Waals surface area contributed by atoms with Gasteiger partial charge in [0.05, 0.1) is 12.1 Å². The van der Waals surface area contributed by atoms with Gasteiger partial charge in [0, 0.05) is 39.8 Å². The van der Waals surface area contributed by atoms with Gasteiger partial charge in [0.2, 0.25) is 5.91 Å². The number of benzene rings is 2. The average molecular weight is 403 g/mol. The molecule has 140 valence electrons. The Kier molecular flexibility index (Phi) is 6.84. The molecule has 0 fully saturated rings. The van der Waals surface area contributed by atoms with Crippen LogP contribution in [0.25, 0.3) is 10.6 Å². The largest absolute Gasteiger partial charge is 0.355 e. The van der Waals surface area contributed by atoms with Crippen molar-refractivity contribution in [2.75, 3.05) is 12.3 Å². The van der Waals surface area contributed by atoms with Crippen LogP contribution in [0.2, 0.25) is 0 Å². The molecular weight excluding hydrogens is 383 g/mol. The molecule has 1 unspecified atom stereocenters. The lowest BCUT2D eigenvalue weighted by Crippen LogP contribution is -2.29. The zero-order valence-corrected chi connectivity index (χ0v) is 16.2. The van der Waals surface area contributed by atoms with E-state index in [0.29, 0.717) is 34.3 Å². The lowest BCUT2D eigenvalue weighted by molar-refractivity contribution is -0.120. The molecule has 3 aromatic rings. The highest BCUT2D eigenvalue weighted by atomic mass is 32.2. The number of nitrogens with one attached hydrogen (secondary N) is 1. The summed E-state index contributed by atoms with van der Waals surface area (Å²) in [4.78, 5) is 16.4. The normalized spacial score (nSPS) is 11.9. The number of hydrogen-bond donors (Lipinski definition) is 1. The predicted molar refractivity (Wildman–Crippen MR) is 107 cm³/mol. The SMILES string of the molecule is O=C(Cc1csc(-c2cccc(F)c2)n1)NCCS(=O)Cc1ccccc1. The third kappa shape index (κ3) is 6.08. The number of carbonyl (C=O) groups excluding carboxylic acids is 1. The maximum Gasteiger partial charge on any atom is 0.226 e. The predicted octanol–water partition coefficient (Wildman–Crippen LogP) is 3.56. The Morgan fingerprint density at radius 2 is 1.96 bits per heavy atom. The van der Waals surface area contributed by atoms with Crippen LogP contribution in [-0.4, -0.2) is 27.4 Å². The molecule has 0 spiro atoms. The minimum absolute atomic E-state index is 0.150. The molecule has 0 radical (unpaired) electrons. The number of thiazole rings is 1. The summed E-state index contributed by atoms with van der Waals surface area (Å²) < 4.78 is 25.4. The minimum atomic E-state index is -1.02. The highest BCUT2D eigenvalue weighted by Crippen LogP contribution is 2.24. The quantitative estimate of drug-likeness (QED) is 0.627. The molecule has 1 heterocycles. The van der Waals surface area contributed by atoms with E-state index in [0.717, 1.165) is 5.56 Å². The van der Waals surface area contributed by atoms with Gasteiger partial charge in [-0.3, -0.25) is 9.00 Å².